The van der Waals surface area contributed by atoms with Gasteiger partial charge in [-0.3, -0.25) is 0 Å². The standard InChI is InChI=1S/C13H29N/c1-6-7-8-13(12(4)5)10-14-9-11(2)3/h11-14H,6-10H2,1-5H3. The molecule has 0 rings (SSSR count). The maximum atomic E-state index is 3.58. The van der Waals surface area contributed by atoms with E-state index >= 15 is 0 Å². The second kappa shape index (κ2) is 8.28. The van der Waals surface area contributed by atoms with Crippen LogP contribution in [0, 0.1) is 17.8 Å². The third-order valence-corrected chi connectivity index (χ3v) is 2.83. The third kappa shape index (κ3) is 7.37. The molecule has 0 aliphatic carbocycles. The molecule has 0 aromatic carbocycles. The Morgan fingerprint density at radius 3 is 2.07 bits per heavy atom. The fourth-order valence-electron chi connectivity index (χ4n) is 1.69. The van der Waals surface area contributed by atoms with Gasteiger partial charge in [-0.2, -0.15) is 0 Å². The maximum Gasteiger partial charge on any atom is -0.00180 e. The van der Waals surface area contributed by atoms with Crippen LogP contribution < -0.4 is 5.32 Å². The molecule has 0 aliphatic heterocycles. The van der Waals surface area contributed by atoms with Gasteiger partial charge in [0.1, 0.15) is 0 Å². The van der Waals surface area contributed by atoms with Crippen molar-refractivity contribution in [3.05, 3.63) is 0 Å². The van der Waals surface area contributed by atoms with Gasteiger partial charge in [-0.1, -0.05) is 47.5 Å². The first kappa shape index (κ1) is 14.0. The molecule has 0 bridgehead atoms. The van der Waals surface area contributed by atoms with Gasteiger partial charge >= 0.3 is 0 Å². The summed E-state index contributed by atoms with van der Waals surface area (Å²) in [6, 6.07) is 0. The zero-order valence-corrected chi connectivity index (χ0v) is 10.8. The van der Waals surface area contributed by atoms with Crippen LogP contribution in [0.4, 0.5) is 0 Å². The smallest absolute Gasteiger partial charge is 0.00180 e. The zero-order chi connectivity index (χ0) is 11.0. The average molecular weight is 199 g/mol. The van der Waals surface area contributed by atoms with Crippen molar-refractivity contribution in [1.29, 1.82) is 0 Å². The van der Waals surface area contributed by atoms with Crippen molar-refractivity contribution in [3.8, 4) is 0 Å². The van der Waals surface area contributed by atoms with E-state index in [-0.39, 0.29) is 0 Å². The van der Waals surface area contributed by atoms with Gasteiger partial charge in [-0.05, 0) is 37.3 Å². The molecule has 1 nitrogen and oxygen atoms in total. The molecule has 1 N–H and O–H groups in total. The van der Waals surface area contributed by atoms with Crippen molar-refractivity contribution >= 4 is 0 Å². The van der Waals surface area contributed by atoms with Crippen molar-refractivity contribution in [2.75, 3.05) is 13.1 Å². The summed E-state index contributed by atoms with van der Waals surface area (Å²) >= 11 is 0. The van der Waals surface area contributed by atoms with Crippen LogP contribution in [0.3, 0.4) is 0 Å². The van der Waals surface area contributed by atoms with E-state index in [1.54, 1.807) is 0 Å². The highest BCUT2D eigenvalue weighted by atomic mass is 14.9. The van der Waals surface area contributed by atoms with E-state index in [1.165, 1.54) is 25.8 Å². The van der Waals surface area contributed by atoms with E-state index < -0.39 is 0 Å². The van der Waals surface area contributed by atoms with Gasteiger partial charge in [0.25, 0.3) is 0 Å². The molecule has 0 aromatic rings. The quantitative estimate of drug-likeness (QED) is 0.628. The van der Waals surface area contributed by atoms with Gasteiger partial charge in [0.2, 0.25) is 0 Å². The van der Waals surface area contributed by atoms with E-state index in [2.05, 4.69) is 39.9 Å². The summed E-state index contributed by atoms with van der Waals surface area (Å²) in [4.78, 5) is 0. The van der Waals surface area contributed by atoms with E-state index in [0.717, 1.165) is 24.3 Å². The fraction of sp³-hybridized carbons (Fsp3) is 1.00. The van der Waals surface area contributed by atoms with Crippen LogP contribution in [0.15, 0.2) is 0 Å². The molecule has 86 valence electrons. The third-order valence-electron chi connectivity index (χ3n) is 2.83. The Bertz CT molecular complexity index is 118. The van der Waals surface area contributed by atoms with Crippen molar-refractivity contribution in [1.82, 2.24) is 5.32 Å². The molecule has 0 aromatic heterocycles. The summed E-state index contributed by atoms with van der Waals surface area (Å²) in [5, 5.41) is 3.58. The van der Waals surface area contributed by atoms with Crippen molar-refractivity contribution in [3.63, 3.8) is 0 Å². The first-order valence-electron chi connectivity index (χ1n) is 6.28. The minimum Gasteiger partial charge on any atom is -0.316 e. The van der Waals surface area contributed by atoms with Crippen LogP contribution in [0.2, 0.25) is 0 Å². The minimum atomic E-state index is 0.772. The largest absolute Gasteiger partial charge is 0.316 e. The molecule has 0 heterocycles. The highest BCUT2D eigenvalue weighted by Gasteiger charge is 2.12. The lowest BCUT2D eigenvalue weighted by Crippen LogP contribution is -2.29. The van der Waals surface area contributed by atoms with Crippen LogP contribution in [0.1, 0.15) is 53.9 Å². The van der Waals surface area contributed by atoms with Gasteiger partial charge in [0.15, 0.2) is 0 Å². The molecule has 0 radical (unpaired) electrons. The van der Waals surface area contributed by atoms with Crippen molar-refractivity contribution in [2.24, 2.45) is 17.8 Å². The lowest BCUT2D eigenvalue weighted by Gasteiger charge is -2.21. The average Bonchev–Trinajstić information content (AvgIpc) is 2.09. The molecule has 0 fully saturated rings. The lowest BCUT2D eigenvalue weighted by atomic mass is 9.90. The Labute approximate surface area is 90.7 Å². The van der Waals surface area contributed by atoms with Gasteiger partial charge in [-0.15, -0.1) is 0 Å². The molecule has 0 spiro atoms. The number of hydrogen-bond acceptors (Lipinski definition) is 1. The second-order valence-electron chi connectivity index (χ2n) is 5.20. The Morgan fingerprint density at radius 2 is 1.64 bits per heavy atom. The van der Waals surface area contributed by atoms with Gasteiger partial charge in [0.05, 0.1) is 0 Å². The summed E-state index contributed by atoms with van der Waals surface area (Å²) in [6.45, 7) is 13.9. The predicted molar refractivity (Wildman–Crippen MR) is 65.6 cm³/mol. The van der Waals surface area contributed by atoms with E-state index in [0.29, 0.717) is 0 Å². The topological polar surface area (TPSA) is 12.0 Å². The molecule has 1 heteroatoms. The lowest BCUT2D eigenvalue weighted by molar-refractivity contribution is 0.326. The Balaban J connectivity index is 3.62. The molecular weight excluding hydrogens is 170 g/mol. The van der Waals surface area contributed by atoms with Gasteiger partial charge < -0.3 is 5.32 Å². The first-order chi connectivity index (χ1) is 6.57. The SMILES string of the molecule is CCCCC(CNCC(C)C)C(C)C. The molecule has 1 atom stereocenters. The summed E-state index contributed by atoms with van der Waals surface area (Å²) < 4.78 is 0. The van der Waals surface area contributed by atoms with Crippen molar-refractivity contribution in [2.45, 2.75) is 53.9 Å². The summed E-state index contributed by atoms with van der Waals surface area (Å²) in [6.07, 6.45) is 4.10. The molecule has 0 saturated carbocycles. The maximum absolute atomic E-state index is 3.58. The van der Waals surface area contributed by atoms with E-state index in [4.69, 9.17) is 0 Å². The fourth-order valence-corrected chi connectivity index (χ4v) is 1.69. The molecule has 1 unspecified atom stereocenters. The molecule has 0 amide bonds. The zero-order valence-electron chi connectivity index (χ0n) is 10.8. The molecule has 0 saturated heterocycles. The normalized spacial score (nSPS) is 13.9. The van der Waals surface area contributed by atoms with Crippen LogP contribution in [-0.4, -0.2) is 13.1 Å². The van der Waals surface area contributed by atoms with E-state index in [9.17, 15) is 0 Å². The second-order valence-corrected chi connectivity index (χ2v) is 5.20. The summed E-state index contributed by atoms with van der Waals surface area (Å²) in [5.41, 5.74) is 0. The monoisotopic (exact) mass is 199 g/mol. The molecule has 0 aliphatic rings. The van der Waals surface area contributed by atoms with Crippen LogP contribution in [-0.2, 0) is 0 Å². The predicted octanol–water partition coefficient (Wildman–Crippen LogP) is 3.69. The summed E-state index contributed by atoms with van der Waals surface area (Å²) in [7, 11) is 0. The van der Waals surface area contributed by atoms with Crippen LogP contribution in [0.25, 0.3) is 0 Å². The van der Waals surface area contributed by atoms with Crippen LogP contribution in [0.5, 0.6) is 0 Å². The Hall–Kier alpha value is -0.0400. The highest BCUT2D eigenvalue weighted by molar-refractivity contribution is 4.66. The van der Waals surface area contributed by atoms with Crippen LogP contribution >= 0.6 is 0 Å². The van der Waals surface area contributed by atoms with Crippen molar-refractivity contribution < 1.29 is 0 Å². The van der Waals surface area contributed by atoms with Gasteiger partial charge in [-0.25, -0.2) is 0 Å². The first-order valence-corrected chi connectivity index (χ1v) is 6.28. The number of nitrogens with one attached hydrogen (secondary N) is 1. The number of rotatable bonds is 8. The Morgan fingerprint density at radius 1 is 1.00 bits per heavy atom. The highest BCUT2D eigenvalue weighted by Crippen LogP contribution is 2.17. The number of unbranched alkanes of at least 4 members (excludes halogenated alkanes) is 1. The molecular formula is C13H29N. The van der Waals surface area contributed by atoms with E-state index in [1.807, 2.05) is 0 Å². The summed E-state index contributed by atoms with van der Waals surface area (Å²) in [5.74, 6) is 2.46. The minimum absolute atomic E-state index is 0.772. The Kier molecular flexibility index (Phi) is 8.26. The molecule has 14 heavy (non-hydrogen) atoms. The number of hydrogen-bond donors (Lipinski definition) is 1. The van der Waals surface area contributed by atoms with Gasteiger partial charge in [0, 0.05) is 0 Å².